The number of carbonyl (C=O) groups excluding carboxylic acids is 1. The maximum atomic E-state index is 12.7. The fourth-order valence-electron chi connectivity index (χ4n) is 3.60. The number of anilines is 2. The third-order valence-corrected chi connectivity index (χ3v) is 5.36. The largest absolute Gasteiger partial charge is 0.497 e. The number of hydrogen-bond donors (Lipinski definition) is 1. The Hall–Kier alpha value is -4.14. The van der Waals surface area contributed by atoms with Crippen LogP contribution in [0.5, 0.6) is 11.5 Å². The summed E-state index contributed by atoms with van der Waals surface area (Å²) in [7, 11) is 5.06. The summed E-state index contributed by atoms with van der Waals surface area (Å²) in [6.07, 6.45) is 6.25. The number of aryl methyl sites for hydroxylation is 1. The summed E-state index contributed by atoms with van der Waals surface area (Å²) >= 11 is 0. The van der Waals surface area contributed by atoms with Gasteiger partial charge in [-0.05, 0) is 24.6 Å². The van der Waals surface area contributed by atoms with Gasteiger partial charge in [0, 0.05) is 54.9 Å². The first-order valence-corrected chi connectivity index (χ1v) is 11.0. The molecule has 0 saturated heterocycles. The highest BCUT2D eigenvalue weighted by molar-refractivity contribution is 5.88. The maximum absolute atomic E-state index is 12.7. The van der Waals surface area contributed by atoms with E-state index >= 15 is 0 Å². The second kappa shape index (κ2) is 10.2. The number of benzene rings is 2. The van der Waals surface area contributed by atoms with Crippen LogP contribution in [0.25, 0.3) is 22.3 Å². The van der Waals surface area contributed by atoms with Crippen LogP contribution in [0.3, 0.4) is 0 Å². The Kier molecular flexibility index (Phi) is 6.91. The van der Waals surface area contributed by atoms with Gasteiger partial charge in [0.15, 0.2) is 0 Å². The van der Waals surface area contributed by atoms with Gasteiger partial charge in [0.2, 0.25) is 5.91 Å². The van der Waals surface area contributed by atoms with E-state index in [1.165, 1.54) is 0 Å². The van der Waals surface area contributed by atoms with Crippen LogP contribution in [0, 0.1) is 0 Å². The van der Waals surface area contributed by atoms with Gasteiger partial charge >= 0.3 is 0 Å². The van der Waals surface area contributed by atoms with E-state index in [0.29, 0.717) is 23.6 Å². The lowest BCUT2D eigenvalue weighted by atomic mass is 10.2. The fourth-order valence-corrected chi connectivity index (χ4v) is 3.60. The lowest BCUT2D eigenvalue weighted by Crippen LogP contribution is -2.35. The van der Waals surface area contributed by atoms with Crippen molar-refractivity contribution in [2.75, 3.05) is 32.2 Å². The van der Waals surface area contributed by atoms with Gasteiger partial charge in [0.1, 0.15) is 18.0 Å². The molecule has 0 aliphatic heterocycles. The lowest BCUT2D eigenvalue weighted by Gasteiger charge is -2.25. The number of carbonyl (C=O) groups is 1. The number of ether oxygens (including phenoxy) is 2. The van der Waals surface area contributed by atoms with Gasteiger partial charge in [0.25, 0.3) is 0 Å². The number of nitrogens with one attached hydrogen (secondary N) is 1. The van der Waals surface area contributed by atoms with Crippen molar-refractivity contribution in [3.8, 4) is 22.8 Å². The van der Waals surface area contributed by atoms with Gasteiger partial charge in [-0.2, -0.15) is 5.10 Å². The Balaban J connectivity index is 1.78. The van der Waals surface area contributed by atoms with Crippen molar-refractivity contribution in [3.05, 3.63) is 55.0 Å². The van der Waals surface area contributed by atoms with E-state index in [1.54, 1.807) is 37.4 Å². The summed E-state index contributed by atoms with van der Waals surface area (Å²) < 4.78 is 12.6. The van der Waals surface area contributed by atoms with Gasteiger partial charge in [-0.25, -0.2) is 4.98 Å². The number of rotatable bonds is 9. The highest BCUT2D eigenvalue weighted by Crippen LogP contribution is 2.34. The second-order valence-corrected chi connectivity index (χ2v) is 7.84. The number of amides is 1. The molecule has 0 saturated carbocycles. The van der Waals surface area contributed by atoms with Crippen LogP contribution in [-0.4, -0.2) is 53.0 Å². The third kappa shape index (κ3) is 5.09. The number of aromatic nitrogens is 4. The minimum Gasteiger partial charge on any atom is -0.497 e. The van der Waals surface area contributed by atoms with Gasteiger partial charge in [-0.15, -0.1) is 0 Å². The second-order valence-electron chi connectivity index (χ2n) is 7.84. The van der Waals surface area contributed by atoms with Crippen molar-refractivity contribution in [2.45, 2.75) is 13.3 Å². The van der Waals surface area contributed by atoms with Crippen LogP contribution in [0.2, 0.25) is 0 Å². The molecule has 0 atom stereocenters. The normalized spacial score (nSPS) is 10.8. The molecule has 34 heavy (non-hydrogen) atoms. The number of fused-ring (bicyclic) bond motifs is 1. The van der Waals surface area contributed by atoms with E-state index in [-0.39, 0.29) is 12.5 Å². The molecule has 9 nitrogen and oxygen atoms in total. The maximum Gasteiger partial charge on any atom is 0.239 e. The molecule has 176 valence electrons. The van der Waals surface area contributed by atoms with Gasteiger partial charge in [0.05, 0.1) is 43.3 Å². The lowest BCUT2D eigenvalue weighted by molar-refractivity contribution is -0.119. The Morgan fingerprint density at radius 3 is 2.44 bits per heavy atom. The third-order valence-electron chi connectivity index (χ3n) is 5.36. The molecule has 4 rings (SSSR count). The van der Waals surface area contributed by atoms with Crippen LogP contribution in [0.15, 0.2) is 55.0 Å². The molecule has 1 amide bonds. The van der Waals surface area contributed by atoms with E-state index in [9.17, 15) is 4.79 Å². The van der Waals surface area contributed by atoms with E-state index in [1.807, 2.05) is 55.4 Å². The Labute approximate surface area is 198 Å². The Morgan fingerprint density at radius 1 is 1.03 bits per heavy atom. The van der Waals surface area contributed by atoms with Crippen LogP contribution in [-0.2, 0) is 11.8 Å². The Morgan fingerprint density at radius 2 is 1.79 bits per heavy atom. The summed E-state index contributed by atoms with van der Waals surface area (Å²) in [5.41, 5.74) is 4.65. The summed E-state index contributed by atoms with van der Waals surface area (Å²) in [5.74, 6) is 1.18. The van der Waals surface area contributed by atoms with Crippen molar-refractivity contribution in [2.24, 2.45) is 7.05 Å². The molecule has 9 heteroatoms. The summed E-state index contributed by atoms with van der Waals surface area (Å²) in [6, 6.07) is 11.3. The van der Waals surface area contributed by atoms with E-state index < -0.39 is 0 Å². The molecule has 0 radical (unpaired) electrons. The first-order valence-electron chi connectivity index (χ1n) is 11.0. The predicted molar refractivity (Wildman–Crippen MR) is 132 cm³/mol. The SMILES string of the molecule is CCCNC(=O)CN(c1cc(OC)cc(OC)c1)c1ccc2ncc(-c3cnn(C)c3)nc2c1. The minimum absolute atomic E-state index is 0.0843. The molecule has 0 fully saturated rings. The van der Waals surface area contributed by atoms with Crippen molar-refractivity contribution in [3.63, 3.8) is 0 Å². The summed E-state index contributed by atoms with van der Waals surface area (Å²) in [5, 5.41) is 7.17. The monoisotopic (exact) mass is 460 g/mol. The van der Waals surface area contributed by atoms with Gasteiger partial charge < -0.3 is 19.7 Å². The summed E-state index contributed by atoms with van der Waals surface area (Å²) in [6.45, 7) is 2.76. The van der Waals surface area contributed by atoms with Gasteiger partial charge in [-0.1, -0.05) is 6.92 Å². The predicted octanol–water partition coefficient (Wildman–Crippen LogP) is 3.71. The molecule has 0 unspecified atom stereocenters. The van der Waals surface area contributed by atoms with E-state index in [4.69, 9.17) is 14.5 Å². The van der Waals surface area contributed by atoms with E-state index in [2.05, 4.69) is 15.4 Å². The highest BCUT2D eigenvalue weighted by Gasteiger charge is 2.17. The first-order chi connectivity index (χ1) is 16.5. The number of methoxy groups -OCH3 is 2. The quantitative estimate of drug-likeness (QED) is 0.407. The molecule has 0 spiro atoms. The first kappa shape index (κ1) is 23.0. The Bertz CT molecular complexity index is 1280. The number of nitrogens with zero attached hydrogens (tertiary/aromatic N) is 5. The zero-order valence-electron chi connectivity index (χ0n) is 19.8. The molecular weight excluding hydrogens is 432 g/mol. The molecule has 0 bridgehead atoms. The smallest absolute Gasteiger partial charge is 0.239 e. The van der Waals surface area contributed by atoms with Crippen molar-refractivity contribution in [1.29, 1.82) is 0 Å². The van der Waals surface area contributed by atoms with Crippen molar-refractivity contribution >= 4 is 28.3 Å². The molecule has 0 aliphatic carbocycles. The molecule has 2 heterocycles. The van der Waals surface area contributed by atoms with Crippen LogP contribution >= 0.6 is 0 Å². The zero-order valence-corrected chi connectivity index (χ0v) is 19.8. The average Bonchev–Trinajstić information content (AvgIpc) is 3.31. The van der Waals surface area contributed by atoms with Gasteiger partial charge in [-0.3, -0.25) is 14.5 Å². The average molecular weight is 461 g/mol. The molecule has 2 aromatic carbocycles. The minimum atomic E-state index is -0.0843. The van der Waals surface area contributed by atoms with Crippen molar-refractivity contribution < 1.29 is 14.3 Å². The zero-order chi connectivity index (χ0) is 24.1. The molecule has 4 aromatic rings. The van der Waals surface area contributed by atoms with Crippen LogP contribution in [0.1, 0.15) is 13.3 Å². The molecule has 0 aliphatic rings. The molecule has 1 N–H and O–H groups in total. The standard InChI is InChI=1S/C25H28N6O3/c1-5-8-26-25(32)16-31(19-9-20(33-3)12-21(10-19)34-4)18-6-7-22-23(11-18)29-24(14-27-22)17-13-28-30(2)15-17/h6-7,9-15H,5,8,16H2,1-4H3,(H,26,32). The van der Waals surface area contributed by atoms with E-state index in [0.717, 1.165) is 34.6 Å². The topological polar surface area (TPSA) is 94.4 Å². The fraction of sp³-hybridized carbons (Fsp3) is 0.280. The van der Waals surface area contributed by atoms with Crippen LogP contribution in [0.4, 0.5) is 11.4 Å². The summed E-state index contributed by atoms with van der Waals surface area (Å²) in [4.78, 5) is 24.0. The van der Waals surface area contributed by atoms with Crippen molar-refractivity contribution in [1.82, 2.24) is 25.1 Å². The molecular formula is C25H28N6O3. The van der Waals surface area contributed by atoms with Crippen LogP contribution < -0.4 is 19.7 Å². The highest BCUT2D eigenvalue weighted by atomic mass is 16.5. The molecule has 2 aromatic heterocycles. The number of hydrogen-bond acceptors (Lipinski definition) is 7.